The van der Waals surface area contributed by atoms with Crippen molar-refractivity contribution in [3.05, 3.63) is 65.9 Å². The molecule has 0 saturated heterocycles. The van der Waals surface area contributed by atoms with E-state index in [2.05, 4.69) is 30.6 Å². The van der Waals surface area contributed by atoms with E-state index in [1.54, 1.807) is 48.5 Å². The summed E-state index contributed by atoms with van der Waals surface area (Å²) in [6, 6.07) is 13.8. The van der Waals surface area contributed by atoms with Crippen molar-refractivity contribution < 1.29 is 14.3 Å². The molecule has 0 radical (unpaired) electrons. The summed E-state index contributed by atoms with van der Waals surface area (Å²) in [5, 5.41) is 14.0. The molecule has 27 heavy (non-hydrogen) atoms. The first-order valence-corrected chi connectivity index (χ1v) is 8.08. The Hall–Kier alpha value is -3.81. The van der Waals surface area contributed by atoms with E-state index in [-0.39, 0.29) is 11.7 Å². The Kier molecular flexibility index (Phi) is 5.36. The summed E-state index contributed by atoms with van der Waals surface area (Å²) >= 11 is 0. The Morgan fingerprint density at radius 3 is 2.44 bits per heavy atom. The molecule has 0 aliphatic carbocycles. The maximum absolute atomic E-state index is 11.5. The number of benzene rings is 2. The van der Waals surface area contributed by atoms with Crippen molar-refractivity contribution in [1.82, 2.24) is 15.2 Å². The molecule has 0 unspecified atom stereocenters. The molecule has 0 aliphatic rings. The summed E-state index contributed by atoms with van der Waals surface area (Å²) in [4.78, 5) is 27.3. The summed E-state index contributed by atoms with van der Waals surface area (Å²) in [5.74, 6) is 0.334. The van der Waals surface area contributed by atoms with E-state index in [9.17, 15) is 9.59 Å². The molecule has 1 aromatic heterocycles. The van der Waals surface area contributed by atoms with Crippen LogP contribution >= 0.6 is 0 Å². The Balaban J connectivity index is 1.73. The molecule has 1 heterocycles. The van der Waals surface area contributed by atoms with Gasteiger partial charge in [-0.05, 0) is 43.3 Å². The van der Waals surface area contributed by atoms with Gasteiger partial charge in [0, 0.05) is 16.9 Å². The van der Waals surface area contributed by atoms with Gasteiger partial charge >= 0.3 is 5.97 Å². The van der Waals surface area contributed by atoms with Gasteiger partial charge in [-0.15, -0.1) is 5.10 Å². The fraction of sp³-hybridized carbons (Fsp3) is 0.105. The molecule has 0 bridgehead atoms. The number of nitrogens with zero attached hydrogens (tertiary/aromatic N) is 3. The third-order valence-electron chi connectivity index (χ3n) is 3.66. The minimum Gasteiger partial charge on any atom is -0.465 e. The lowest BCUT2D eigenvalue weighted by molar-refractivity contribution is 0.0600. The molecule has 0 spiro atoms. The van der Waals surface area contributed by atoms with Gasteiger partial charge in [0.25, 0.3) is 0 Å². The van der Waals surface area contributed by atoms with Gasteiger partial charge < -0.3 is 15.4 Å². The molecule has 8 nitrogen and oxygen atoms in total. The molecule has 2 N–H and O–H groups in total. The lowest BCUT2D eigenvalue weighted by atomic mass is 10.1. The number of nitrogens with one attached hydrogen (secondary N) is 2. The van der Waals surface area contributed by atoms with Gasteiger partial charge in [-0.2, -0.15) is 10.1 Å². The molecule has 3 aromatic rings. The molecule has 2 aromatic carbocycles. The Labute approximate surface area is 155 Å². The number of methoxy groups -OCH3 is 1. The number of carbonyl (C=O) groups excluding carboxylic acids is 2. The smallest absolute Gasteiger partial charge is 0.337 e. The molecular formula is C19H17N5O3. The van der Waals surface area contributed by atoms with Gasteiger partial charge in [-0.1, -0.05) is 12.1 Å². The van der Waals surface area contributed by atoms with E-state index < -0.39 is 5.97 Å². The van der Waals surface area contributed by atoms with Gasteiger partial charge in [-0.3, -0.25) is 4.79 Å². The highest BCUT2D eigenvalue weighted by molar-refractivity contribution is 5.95. The first-order valence-electron chi connectivity index (χ1n) is 8.08. The van der Waals surface area contributed by atoms with Crippen LogP contribution in [-0.2, 0) is 4.74 Å². The van der Waals surface area contributed by atoms with Gasteiger partial charge in [0.2, 0.25) is 5.95 Å². The van der Waals surface area contributed by atoms with E-state index >= 15 is 0 Å². The molecule has 8 heteroatoms. The maximum atomic E-state index is 11.5. The normalized spacial score (nSPS) is 10.1. The number of hydrogen-bond acceptors (Lipinski definition) is 8. The Morgan fingerprint density at radius 2 is 1.74 bits per heavy atom. The summed E-state index contributed by atoms with van der Waals surface area (Å²) < 4.78 is 4.67. The van der Waals surface area contributed by atoms with Crippen molar-refractivity contribution in [1.29, 1.82) is 0 Å². The number of rotatable bonds is 6. The van der Waals surface area contributed by atoms with Gasteiger partial charge in [-0.25, -0.2) is 4.79 Å². The molecule has 0 aliphatic heterocycles. The lowest BCUT2D eigenvalue weighted by Crippen LogP contribution is -2.04. The Morgan fingerprint density at radius 1 is 0.963 bits per heavy atom. The standard InChI is InChI=1S/C19H17N5O3/c1-12(25)14-4-3-5-16(10-14)22-19-23-17(11-20-24-19)21-15-8-6-13(7-9-15)18(26)27-2/h3-11H,1-2H3,(H2,21,22,23,24). The van der Waals surface area contributed by atoms with Gasteiger partial charge in [0.1, 0.15) is 0 Å². The van der Waals surface area contributed by atoms with E-state index in [0.717, 1.165) is 5.69 Å². The molecule has 136 valence electrons. The van der Waals surface area contributed by atoms with Crippen LogP contribution in [0, 0.1) is 0 Å². The minimum absolute atomic E-state index is 0.0245. The summed E-state index contributed by atoms with van der Waals surface area (Å²) in [6.45, 7) is 1.51. The second kappa shape index (κ2) is 8.05. The maximum Gasteiger partial charge on any atom is 0.337 e. The highest BCUT2D eigenvalue weighted by Crippen LogP contribution is 2.18. The van der Waals surface area contributed by atoms with Gasteiger partial charge in [0.05, 0.1) is 18.9 Å². The molecule has 0 fully saturated rings. The van der Waals surface area contributed by atoms with Crippen molar-refractivity contribution in [3.63, 3.8) is 0 Å². The molecular weight excluding hydrogens is 346 g/mol. The highest BCUT2D eigenvalue weighted by atomic mass is 16.5. The van der Waals surface area contributed by atoms with Crippen LogP contribution in [-0.4, -0.2) is 34.0 Å². The first kappa shape index (κ1) is 18.0. The van der Waals surface area contributed by atoms with Crippen LogP contribution in [0.4, 0.5) is 23.1 Å². The number of ketones is 1. The van der Waals surface area contributed by atoms with Crippen LogP contribution in [0.15, 0.2) is 54.7 Å². The van der Waals surface area contributed by atoms with Crippen molar-refractivity contribution in [2.24, 2.45) is 0 Å². The number of ether oxygens (including phenoxy) is 1. The fourth-order valence-electron chi connectivity index (χ4n) is 2.32. The zero-order chi connectivity index (χ0) is 19.2. The predicted octanol–water partition coefficient (Wildman–Crippen LogP) is 3.35. The van der Waals surface area contributed by atoms with E-state index in [0.29, 0.717) is 22.6 Å². The summed E-state index contributed by atoms with van der Waals surface area (Å²) in [6.07, 6.45) is 1.48. The summed E-state index contributed by atoms with van der Waals surface area (Å²) in [5.41, 5.74) is 2.46. The largest absolute Gasteiger partial charge is 0.465 e. The van der Waals surface area contributed by atoms with E-state index in [1.165, 1.54) is 20.2 Å². The second-order valence-corrected chi connectivity index (χ2v) is 5.62. The van der Waals surface area contributed by atoms with Crippen LogP contribution in [0.3, 0.4) is 0 Å². The second-order valence-electron chi connectivity index (χ2n) is 5.62. The van der Waals surface area contributed by atoms with Crippen molar-refractivity contribution >= 4 is 34.9 Å². The third kappa shape index (κ3) is 4.63. The monoisotopic (exact) mass is 363 g/mol. The van der Waals surface area contributed by atoms with E-state index in [1.807, 2.05) is 0 Å². The SMILES string of the molecule is COC(=O)c1ccc(Nc2cnnc(Nc3cccc(C(C)=O)c3)n2)cc1. The van der Waals surface area contributed by atoms with Crippen LogP contribution < -0.4 is 10.6 Å². The molecule has 0 saturated carbocycles. The minimum atomic E-state index is -0.399. The van der Waals surface area contributed by atoms with Crippen molar-refractivity contribution in [2.75, 3.05) is 17.7 Å². The number of hydrogen-bond donors (Lipinski definition) is 2. The third-order valence-corrected chi connectivity index (χ3v) is 3.66. The number of carbonyl (C=O) groups is 2. The zero-order valence-corrected chi connectivity index (χ0v) is 14.8. The van der Waals surface area contributed by atoms with Crippen molar-refractivity contribution in [3.8, 4) is 0 Å². The number of aromatic nitrogens is 3. The van der Waals surface area contributed by atoms with Crippen LogP contribution in [0.1, 0.15) is 27.6 Å². The van der Waals surface area contributed by atoms with Crippen LogP contribution in [0.2, 0.25) is 0 Å². The number of esters is 1. The topological polar surface area (TPSA) is 106 Å². The highest BCUT2D eigenvalue weighted by Gasteiger charge is 2.06. The molecule has 3 rings (SSSR count). The van der Waals surface area contributed by atoms with Gasteiger partial charge in [0.15, 0.2) is 11.6 Å². The number of anilines is 4. The average Bonchev–Trinajstić information content (AvgIpc) is 2.68. The van der Waals surface area contributed by atoms with Crippen molar-refractivity contribution in [2.45, 2.75) is 6.92 Å². The Bertz CT molecular complexity index is 973. The summed E-state index contributed by atoms with van der Waals surface area (Å²) in [7, 11) is 1.34. The van der Waals surface area contributed by atoms with Crippen LogP contribution in [0.25, 0.3) is 0 Å². The first-order chi connectivity index (χ1) is 13.0. The number of Topliss-reactive ketones (excluding diaryl/α,β-unsaturated/α-hetero) is 1. The molecule has 0 amide bonds. The lowest BCUT2D eigenvalue weighted by Gasteiger charge is -2.08. The quantitative estimate of drug-likeness (QED) is 0.507. The average molecular weight is 363 g/mol. The van der Waals surface area contributed by atoms with Crippen LogP contribution in [0.5, 0.6) is 0 Å². The zero-order valence-electron chi connectivity index (χ0n) is 14.8. The predicted molar refractivity (Wildman–Crippen MR) is 101 cm³/mol. The molecule has 0 atom stereocenters. The van der Waals surface area contributed by atoms with E-state index in [4.69, 9.17) is 0 Å². The fourth-order valence-corrected chi connectivity index (χ4v) is 2.32.